The molecule has 2 aromatic carbocycles. The minimum Gasteiger partial charge on any atom is -0.508 e. The van der Waals surface area contributed by atoms with Gasteiger partial charge in [0, 0.05) is 41.6 Å². The zero-order valence-corrected chi connectivity index (χ0v) is 14.5. The number of phenols is 1. The zero-order chi connectivity index (χ0) is 16.7. The van der Waals surface area contributed by atoms with Gasteiger partial charge in [-0.25, -0.2) is 4.79 Å². The third-order valence-corrected chi connectivity index (χ3v) is 5.25. The van der Waals surface area contributed by atoms with Gasteiger partial charge in [0.05, 0.1) is 0 Å². The average molecular weight is 386 g/mol. The molecule has 0 radical (unpaired) electrons. The summed E-state index contributed by atoms with van der Waals surface area (Å²) < 4.78 is 6.34. The van der Waals surface area contributed by atoms with E-state index < -0.39 is 0 Å². The molecular formula is C19H16BrNO3. The van der Waals surface area contributed by atoms with E-state index in [1.165, 1.54) is 17.2 Å². The van der Waals surface area contributed by atoms with Gasteiger partial charge in [-0.3, -0.25) is 4.90 Å². The minimum absolute atomic E-state index is 0.0960. The largest absolute Gasteiger partial charge is 0.508 e. The predicted octanol–water partition coefficient (Wildman–Crippen LogP) is 3.82. The highest BCUT2D eigenvalue weighted by Crippen LogP contribution is 2.28. The van der Waals surface area contributed by atoms with E-state index in [0.717, 1.165) is 34.9 Å². The van der Waals surface area contributed by atoms with E-state index >= 15 is 0 Å². The Labute approximate surface area is 147 Å². The summed E-state index contributed by atoms with van der Waals surface area (Å²) in [7, 11) is 0. The SMILES string of the molecule is O=c1cc(CN2CCc3cccc(Br)c3C2)c2ccc(O)cc2o1. The highest BCUT2D eigenvalue weighted by atomic mass is 79.9. The lowest BCUT2D eigenvalue weighted by Crippen LogP contribution is -2.30. The van der Waals surface area contributed by atoms with Crippen LogP contribution in [0.4, 0.5) is 0 Å². The Morgan fingerprint density at radius 2 is 2.08 bits per heavy atom. The molecule has 0 atom stereocenters. The Morgan fingerprint density at radius 3 is 2.96 bits per heavy atom. The number of aromatic hydroxyl groups is 1. The zero-order valence-electron chi connectivity index (χ0n) is 13.0. The van der Waals surface area contributed by atoms with Crippen LogP contribution in [-0.2, 0) is 19.5 Å². The van der Waals surface area contributed by atoms with Crippen molar-refractivity contribution in [3.05, 3.63) is 74.0 Å². The first-order chi connectivity index (χ1) is 11.6. The molecule has 0 saturated carbocycles. The van der Waals surface area contributed by atoms with Gasteiger partial charge in [0.2, 0.25) is 0 Å². The van der Waals surface area contributed by atoms with Gasteiger partial charge in [0.1, 0.15) is 11.3 Å². The lowest BCUT2D eigenvalue weighted by molar-refractivity contribution is 0.245. The minimum atomic E-state index is -0.387. The quantitative estimate of drug-likeness (QED) is 0.681. The topological polar surface area (TPSA) is 53.7 Å². The van der Waals surface area contributed by atoms with Gasteiger partial charge in [-0.15, -0.1) is 0 Å². The van der Waals surface area contributed by atoms with Crippen LogP contribution in [0.5, 0.6) is 5.75 Å². The molecule has 1 aliphatic rings. The summed E-state index contributed by atoms with van der Waals surface area (Å²) in [6, 6.07) is 12.8. The molecule has 0 unspecified atom stereocenters. The number of hydrogen-bond donors (Lipinski definition) is 1. The summed E-state index contributed by atoms with van der Waals surface area (Å²) in [6.45, 7) is 2.47. The molecule has 0 saturated heterocycles. The van der Waals surface area contributed by atoms with Gasteiger partial charge in [-0.05, 0) is 41.3 Å². The van der Waals surface area contributed by atoms with Gasteiger partial charge in [0.15, 0.2) is 0 Å². The maximum atomic E-state index is 11.8. The van der Waals surface area contributed by atoms with E-state index in [2.05, 4.69) is 39.0 Å². The number of rotatable bonds is 2. The van der Waals surface area contributed by atoms with Crippen LogP contribution in [0.25, 0.3) is 11.0 Å². The lowest BCUT2D eigenvalue weighted by atomic mass is 9.99. The van der Waals surface area contributed by atoms with Crippen molar-refractivity contribution < 1.29 is 9.52 Å². The second-order valence-corrected chi connectivity index (χ2v) is 6.96. The summed E-state index contributed by atoms with van der Waals surface area (Å²) in [4.78, 5) is 14.2. The van der Waals surface area contributed by atoms with Crippen molar-refractivity contribution in [3.8, 4) is 5.75 Å². The van der Waals surface area contributed by atoms with Gasteiger partial charge >= 0.3 is 5.63 Å². The Balaban J connectivity index is 1.68. The Bertz CT molecular complexity index is 980. The number of nitrogens with zero attached hydrogens (tertiary/aromatic N) is 1. The van der Waals surface area contributed by atoms with Crippen LogP contribution in [-0.4, -0.2) is 16.6 Å². The molecule has 24 heavy (non-hydrogen) atoms. The molecule has 5 heteroatoms. The standard InChI is InChI=1S/C19H16BrNO3/c20-17-3-1-2-12-6-7-21(11-16(12)17)10-13-8-19(23)24-18-9-14(22)4-5-15(13)18/h1-5,8-9,22H,6-7,10-11H2. The molecule has 0 fully saturated rings. The first-order valence-electron chi connectivity index (χ1n) is 7.84. The van der Waals surface area contributed by atoms with E-state index in [9.17, 15) is 9.90 Å². The van der Waals surface area contributed by atoms with Crippen molar-refractivity contribution >= 4 is 26.9 Å². The van der Waals surface area contributed by atoms with Crippen LogP contribution < -0.4 is 5.63 Å². The molecule has 0 aliphatic carbocycles. The summed E-state index contributed by atoms with van der Waals surface area (Å²) in [5.74, 6) is 0.0960. The molecule has 1 aromatic heterocycles. The van der Waals surface area contributed by atoms with Crippen LogP contribution in [0.15, 0.2) is 56.1 Å². The van der Waals surface area contributed by atoms with E-state index in [1.807, 2.05) is 0 Å². The fourth-order valence-electron chi connectivity index (χ4n) is 3.32. The van der Waals surface area contributed by atoms with E-state index in [4.69, 9.17) is 4.42 Å². The average Bonchev–Trinajstić information content (AvgIpc) is 2.55. The highest BCUT2D eigenvalue weighted by molar-refractivity contribution is 9.10. The number of halogens is 1. The number of hydrogen-bond acceptors (Lipinski definition) is 4. The first-order valence-corrected chi connectivity index (χ1v) is 8.64. The van der Waals surface area contributed by atoms with Crippen molar-refractivity contribution in [2.75, 3.05) is 6.54 Å². The number of phenolic OH excluding ortho intramolecular Hbond substituents is 1. The molecule has 1 aliphatic heterocycles. The maximum absolute atomic E-state index is 11.8. The molecule has 0 bridgehead atoms. The van der Waals surface area contributed by atoms with E-state index in [0.29, 0.717) is 12.1 Å². The lowest BCUT2D eigenvalue weighted by Gasteiger charge is -2.29. The molecule has 0 spiro atoms. The van der Waals surface area contributed by atoms with Gasteiger partial charge in [0.25, 0.3) is 0 Å². The summed E-state index contributed by atoms with van der Waals surface area (Å²) >= 11 is 3.63. The normalized spacial score (nSPS) is 14.7. The van der Waals surface area contributed by atoms with E-state index in [1.54, 1.807) is 18.2 Å². The van der Waals surface area contributed by atoms with Crippen LogP contribution in [0.2, 0.25) is 0 Å². The summed E-state index contributed by atoms with van der Waals surface area (Å²) in [5.41, 5.74) is 3.66. The monoisotopic (exact) mass is 385 g/mol. The second kappa shape index (κ2) is 6.07. The third kappa shape index (κ3) is 2.85. The second-order valence-electron chi connectivity index (χ2n) is 6.11. The molecule has 2 heterocycles. The molecular weight excluding hydrogens is 370 g/mol. The Kier molecular flexibility index (Phi) is 3.90. The maximum Gasteiger partial charge on any atom is 0.336 e. The van der Waals surface area contributed by atoms with Crippen LogP contribution in [0.3, 0.4) is 0 Å². The number of fused-ring (bicyclic) bond motifs is 2. The van der Waals surface area contributed by atoms with Crippen molar-refractivity contribution in [3.63, 3.8) is 0 Å². The van der Waals surface area contributed by atoms with Gasteiger partial charge < -0.3 is 9.52 Å². The summed E-state index contributed by atoms with van der Waals surface area (Å²) in [5, 5.41) is 10.5. The molecule has 4 nitrogen and oxygen atoms in total. The first kappa shape index (κ1) is 15.4. The molecule has 4 rings (SSSR count). The van der Waals surface area contributed by atoms with Crippen molar-refractivity contribution in [1.29, 1.82) is 0 Å². The smallest absolute Gasteiger partial charge is 0.336 e. The van der Waals surface area contributed by atoms with Gasteiger partial charge in [-0.1, -0.05) is 28.1 Å². The fourth-order valence-corrected chi connectivity index (χ4v) is 3.85. The Morgan fingerprint density at radius 1 is 1.21 bits per heavy atom. The molecule has 122 valence electrons. The molecule has 1 N–H and O–H groups in total. The fraction of sp³-hybridized carbons (Fsp3) is 0.211. The number of benzene rings is 2. The van der Waals surface area contributed by atoms with Crippen molar-refractivity contribution in [2.45, 2.75) is 19.5 Å². The Hall–Kier alpha value is -2.11. The predicted molar refractivity (Wildman–Crippen MR) is 96.1 cm³/mol. The van der Waals surface area contributed by atoms with Crippen molar-refractivity contribution in [1.82, 2.24) is 4.90 Å². The van der Waals surface area contributed by atoms with Crippen LogP contribution >= 0.6 is 15.9 Å². The highest BCUT2D eigenvalue weighted by Gasteiger charge is 2.19. The third-order valence-electron chi connectivity index (χ3n) is 4.50. The van der Waals surface area contributed by atoms with Crippen molar-refractivity contribution in [2.24, 2.45) is 0 Å². The molecule has 0 amide bonds. The van der Waals surface area contributed by atoms with E-state index in [-0.39, 0.29) is 11.4 Å². The van der Waals surface area contributed by atoms with Crippen LogP contribution in [0, 0.1) is 0 Å². The summed E-state index contributed by atoms with van der Waals surface area (Å²) in [6.07, 6.45) is 0.995. The van der Waals surface area contributed by atoms with Crippen LogP contribution in [0.1, 0.15) is 16.7 Å². The molecule has 3 aromatic rings. The van der Waals surface area contributed by atoms with Gasteiger partial charge in [-0.2, -0.15) is 0 Å².